The molecule has 0 amide bonds. The van der Waals surface area contributed by atoms with Gasteiger partial charge in [-0.05, 0) is 39.6 Å². The molecule has 8 heteroatoms. The number of ether oxygens (including phenoxy) is 2. The van der Waals surface area contributed by atoms with Crippen LogP contribution in [0.1, 0.15) is 24.6 Å². The van der Waals surface area contributed by atoms with Crippen LogP contribution in [0, 0.1) is 0 Å². The van der Waals surface area contributed by atoms with Crippen LogP contribution >= 0.6 is 11.3 Å². The second kappa shape index (κ2) is 11.3. The van der Waals surface area contributed by atoms with Crippen molar-refractivity contribution in [2.75, 3.05) is 39.3 Å². The fraction of sp³-hybridized carbons (Fsp3) is 0.421. The van der Waals surface area contributed by atoms with Crippen LogP contribution in [-0.2, 0) is 16.0 Å². The molecular formula is C19H26N4O3S. The number of hydrogen-bond donors (Lipinski definition) is 1. The van der Waals surface area contributed by atoms with Gasteiger partial charge in [-0.1, -0.05) is 12.1 Å². The lowest BCUT2D eigenvalue weighted by molar-refractivity contribution is -0.142. The minimum absolute atomic E-state index is 0.166. The van der Waals surface area contributed by atoms with E-state index >= 15 is 0 Å². The molecule has 2 rings (SSSR count). The molecule has 1 N–H and O–H groups in total. The number of esters is 1. The van der Waals surface area contributed by atoms with Gasteiger partial charge in [0.25, 0.3) is 0 Å². The number of para-hydroxylation sites is 1. The van der Waals surface area contributed by atoms with E-state index in [1.807, 2.05) is 43.7 Å². The van der Waals surface area contributed by atoms with Gasteiger partial charge in [-0.3, -0.25) is 10.2 Å². The van der Waals surface area contributed by atoms with Gasteiger partial charge in [0.05, 0.1) is 31.5 Å². The van der Waals surface area contributed by atoms with Gasteiger partial charge < -0.3 is 14.4 Å². The van der Waals surface area contributed by atoms with E-state index in [-0.39, 0.29) is 12.4 Å². The molecule has 2 aromatic rings. The van der Waals surface area contributed by atoms with Crippen LogP contribution in [0.5, 0.6) is 5.75 Å². The Labute approximate surface area is 164 Å². The van der Waals surface area contributed by atoms with E-state index in [1.165, 1.54) is 11.3 Å². The van der Waals surface area contributed by atoms with E-state index in [9.17, 15) is 4.79 Å². The maximum atomic E-state index is 11.5. The Balaban J connectivity index is 1.87. The lowest BCUT2D eigenvalue weighted by atomic mass is 10.2. The number of benzene rings is 1. The third-order valence-corrected chi connectivity index (χ3v) is 4.27. The molecule has 0 radical (unpaired) electrons. The first kappa shape index (κ1) is 20.9. The Morgan fingerprint density at radius 1 is 1.37 bits per heavy atom. The second-order valence-corrected chi connectivity index (χ2v) is 6.90. The second-order valence-electron chi connectivity index (χ2n) is 6.04. The van der Waals surface area contributed by atoms with Crippen molar-refractivity contribution in [2.45, 2.75) is 19.8 Å². The van der Waals surface area contributed by atoms with Gasteiger partial charge in [0, 0.05) is 17.5 Å². The molecule has 0 unspecified atom stereocenters. The quantitative estimate of drug-likeness (QED) is 0.275. The van der Waals surface area contributed by atoms with Crippen molar-refractivity contribution in [3.8, 4) is 5.75 Å². The molecule has 0 spiro atoms. The smallest absolute Gasteiger partial charge is 0.311 e. The Kier molecular flexibility index (Phi) is 8.73. The maximum absolute atomic E-state index is 11.5. The van der Waals surface area contributed by atoms with Gasteiger partial charge >= 0.3 is 5.97 Å². The molecule has 0 saturated heterocycles. The van der Waals surface area contributed by atoms with E-state index in [0.29, 0.717) is 24.0 Å². The van der Waals surface area contributed by atoms with Crippen molar-refractivity contribution in [1.82, 2.24) is 9.88 Å². The van der Waals surface area contributed by atoms with Gasteiger partial charge in [0.2, 0.25) is 5.13 Å². The highest BCUT2D eigenvalue weighted by molar-refractivity contribution is 7.13. The van der Waals surface area contributed by atoms with Crippen molar-refractivity contribution in [1.29, 1.82) is 0 Å². The number of nitrogens with one attached hydrogen (secondary N) is 1. The molecule has 146 valence electrons. The Bertz CT molecular complexity index is 746. The Hall–Kier alpha value is -2.45. The summed E-state index contributed by atoms with van der Waals surface area (Å²) in [5.41, 5.74) is 4.45. The summed E-state index contributed by atoms with van der Waals surface area (Å²) < 4.78 is 10.8. The van der Waals surface area contributed by atoms with Crippen LogP contribution in [0.2, 0.25) is 0 Å². The molecule has 1 heterocycles. The van der Waals surface area contributed by atoms with Crippen molar-refractivity contribution in [3.63, 3.8) is 0 Å². The number of nitrogens with zero attached hydrogens (tertiary/aromatic N) is 3. The maximum Gasteiger partial charge on any atom is 0.311 e. The van der Waals surface area contributed by atoms with Crippen LogP contribution in [0.15, 0.2) is 34.7 Å². The van der Waals surface area contributed by atoms with Crippen LogP contribution in [0.4, 0.5) is 5.13 Å². The molecule has 1 aromatic heterocycles. The number of anilines is 1. The first-order valence-electron chi connectivity index (χ1n) is 8.84. The van der Waals surface area contributed by atoms with Crippen LogP contribution < -0.4 is 10.2 Å². The average Bonchev–Trinajstić information content (AvgIpc) is 3.07. The molecule has 0 saturated carbocycles. The zero-order chi connectivity index (χ0) is 19.5. The van der Waals surface area contributed by atoms with E-state index in [0.717, 1.165) is 24.3 Å². The van der Waals surface area contributed by atoms with E-state index in [1.54, 1.807) is 13.1 Å². The summed E-state index contributed by atoms with van der Waals surface area (Å²) in [6.07, 6.45) is 2.83. The van der Waals surface area contributed by atoms with Crippen molar-refractivity contribution < 1.29 is 14.3 Å². The number of carbonyl (C=O) groups excluding carboxylic acids is 1. The topological polar surface area (TPSA) is 76.1 Å². The average molecular weight is 391 g/mol. The molecule has 0 aliphatic carbocycles. The summed E-state index contributed by atoms with van der Waals surface area (Å²) in [7, 11) is 4.09. The van der Waals surface area contributed by atoms with Crippen LogP contribution in [0.25, 0.3) is 0 Å². The number of hydrazone groups is 1. The minimum Gasteiger partial charge on any atom is -0.493 e. The normalized spacial score (nSPS) is 11.1. The predicted molar refractivity (Wildman–Crippen MR) is 109 cm³/mol. The van der Waals surface area contributed by atoms with Crippen LogP contribution in [0.3, 0.4) is 0 Å². The summed E-state index contributed by atoms with van der Waals surface area (Å²) in [6, 6.07) is 7.75. The number of thiazole rings is 1. The molecule has 0 bridgehead atoms. The molecule has 27 heavy (non-hydrogen) atoms. The first-order chi connectivity index (χ1) is 13.1. The third-order valence-electron chi connectivity index (χ3n) is 3.47. The van der Waals surface area contributed by atoms with Gasteiger partial charge in [-0.2, -0.15) is 5.10 Å². The summed E-state index contributed by atoms with van der Waals surface area (Å²) in [6.45, 7) is 3.79. The van der Waals surface area contributed by atoms with Gasteiger partial charge in [0.1, 0.15) is 5.75 Å². The predicted octanol–water partition coefficient (Wildman–Crippen LogP) is 3.03. The highest BCUT2D eigenvalue weighted by Crippen LogP contribution is 2.18. The lowest BCUT2D eigenvalue weighted by Crippen LogP contribution is -2.15. The summed E-state index contributed by atoms with van der Waals surface area (Å²) >= 11 is 1.39. The third kappa shape index (κ3) is 7.76. The molecule has 7 nitrogen and oxygen atoms in total. The van der Waals surface area contributed by atoms with E-state index in [4.69, 9.17) is 9.47 Å². The zero-order valence-electron chi connectivity index (χ0n) is 16.0. The van der Waals surface area contributed by atoms with Gasteiger partial charge in [-0.25, -0.2) is 4.98 Å². The highest BCUT2D eigenvalue weighted by Gasteiger charge is 2.08. The molecule has 0 aliphatic heterocycles. The fourth-order valence-corrected chi connectivity index (χ4v) is 2.90. The number of aromatic nitrogens is 1. The highest BCUT2D eigenvalue weighted by atomic mass is 32.1. The van der Waals surface area contributed by atoms with Crippen molar-refractivity contribution >= 4 is 28.7 Å². The monoisotopic (exact) mass is 390 g/mol. The zero-order valence-corrected chi connectivity index (χ0v) is 16.8. The van der Waals surface area contributed by atoms with Crippen molar-refractivity contribution in [3.05, 3.63) is 40.9 Å². The number of rotatable bonds is 11. The lowest BCUT2D eigenvalue weighted by Gasteiger charge is -2.11. The van der Waals surface area contributed by atoms with Crippen molar-refractivity contribution in [2.24, 2.45) is 5.10 Å². The first-order valence-corrected chi connectivity index (χ1v) is 9.72. The minimum atomic E-state index is -0.279. The summed E-state index contributed by atoms with van der Waals surface area (Å²) in [5.74, 6) is 0.516. The van der Waals surface area contributed by atoms with Crippen LogP contribution in [-0.4, -0.2) is 55.9 Å². The molecule has 0 aliphatic rings. The largest absolute Gasteiger partial charge is 0.493 e. The number of hydrogen-bond acceptors (Lipinski definition) is 8. The van der Waals surface area contributed by atoms with Gasteiger partial charge in [-0.15, -0.1) is 11.3 Å². The summed E-state index contributed by atoms with van der Waals surface area (Å²) in [5, 5.41) is 6.66. The number of carbonyl (C=O) groups is 1. The standard InChI is InChI=1S/C19H26N4O3S/c1-4-25-18(24)12-16-14-27-19(21-16)22-20-13-15-8-5-6-9-17(15)26-11-7-10-23(2)3/h5-6,8-9,13-14H,4,7,10-12H2,1-3H3,(H,21,22). The summed E-state index contributed by atoms with van der Waals surface area (Å²) in [4.78, 5) is 17.9. The molecule has 0 fully saturated rings. The molecule has 1 aromatic carbocycles. The SMILES string of the molecule is CCOC(=O)Cc1csc(NN=Cc2ccccc2OCCCN(C)C)n1. The van der Waals surface area contributed by atoms with E-state index in [2.05, 4.69) is 20.4 Å². The van der Waals surface area contributed by atoms with Gasteiger partial charge in [0.15, 0.2) is 0 Å². The molecular weight excluding hydrogens is 364 g/mol. The fourth-order valence-electron chi connectivity index (χ4n) is 2.24. The Morgan fingerprint density at radius 2 is 2.19 bits per heavy atom. The molecule has 0 atom stereocenters. The van der Waals surface area contributed by atoms with E-state index < -0.39 is 0 Å². The Morgan fingerprint density at radius 3 is 2.96 bits per heavy atom.